The van der Waals surface area contributed by atoms with Crippen molar-refractivity contribution in [3.05, 3.63) is 35.4 Å². The molecule has 0 spiro atoms. The monoisotopic (exact) mass is 444 g/mol. The number of rotatable bonds is 7. The molecule has 0 aliphatic carbocycles. The molecule has 1 unspecified atom stereocenters. The number of carbonyl (C=O) groups excluding carboxylic acids is 2. The predicted molar refractivity (Wildman–Crippen MR) is 124 cm³/mol. The number of hydrogen-bond donors (Lipinski definition) is 3. The van der Waals surface area contributed by atoms with Crippen LogP contribution in [-0.4, -0.2) is 66.6 Å². The summed E-state index contributed by atoms with van der Waals surface area (Å²) >= 11 is 0. The molecule has 1 atom stereocenters. The Balaban J connectivity index is 1.46. The fourth-order valence-electron chi connectivity index (χ4n) is 4.37. The van der Waals surface area contributed by atoms with Crippen molar-refractivity contribution in [2.75, 3.05) is 32.8 Å². The van der Waals surface area contributed by atoms with Gasteiger partial charge in [0.15, 0.2) is 5.96 Å². The summed E-state index contributed by atoms with van der Waals surface area (Å²) in [5.41, 5.74) is 13.9. The van der Waals surface area contributed by atoms with Gasteiger partial charge in [0.2, 0.25) is 5.91 Å². The van der Waals surface area contributed by atoms with Crippen LogP contribution in [0.1, 0.15) is 43.7 Å². The minimum atomic E-state index is -0.248. The van der Waals surface area contributed by atoms with Crippen molar-refractivity contribution in [3.8, 4) is 0 Å². The van der Waals surface area contributed by atoms with Gasteiger partial charge in [-0.05, 0) is 50.3 Å². The van der Waals surface area contributed by atoms with Crippen LogP contribution >= 0.6 is 0 Å². The Morgan fingerprint density at radius 2 is 1.91 bits per heavy atom. The first-order valence-corrected chi connectivity index (χ1v) is 11.5. The molecule has 2 aliphatic rings. The average molecular weight is 445 g/mol. The minimum absolute atomic E-state index is 0.0495. The number of ether oxygens (including phenoxy) is 1. The van der Waals surface area contributed by atoms with Crippen molar-refractivity contribution in [2.45, 2.75) is 51.7 Å². The Kier molecular flexibility index (Phi) is 8.72. The number of piperidine rings is 2. The standard InChI is InChI=1S/C23H36N6O3/c1-2-32-23(31)29-11-8-20(9-12-29)27-22(25)26-14-17-5-3-6-18(13-17)15-28-10-4-7-19(16-28)21(24)30/h3,5-6,13,19-20H,2,4,7-12,14-16H2,1H3,(H2,24,30)(H3,25,26,27). The number of aliphatic imine (C=N–C) groups is 1. The summed E-state index contributed by atoms with van der Waals surface area (Å²) in [6.07, 6.45) is 3.26. The van der Waals surface area contributed by atoms with E-state index in [9.17, 15) is 9.59 Å². The van der Waals surface area contributed by atoms with E-state index in [4.69, 9.17) is 16.2 Å². The van der Waals surface area contributed by atoms with Gasteiger partial charge in [0.05, 0.1) is 19.1 Å². The summed E-state index contributed by atoms with van der Waals surface area (Å²) in [7, 11) is 0. The van der Waals surface area contributed by atoms with Gasteiger partial charge in [-0.1, -0.05) is 24.3 Å². The Hall–Kier alpha value is -2.81. The number of benzene rings is 1. The van der Waals surface area contributed by atoms with E-state index in [2.05, 4.69) is 27.3 Å². The molecular weight excluding hydrogens is 408 g/mol. The number of likely N-dealkylation sites (tertiary alicyclic amines) is 2. The quantitative estimate of drug-likeness (QED) is 0.431. The maximum Gasteiger partial charge on any atom is 0.409 e. The summed E-state index contributed by atoms with van der Waals surface area (Å²) in [6, 6.07) is 8.51. The summed E-state index contributed by atoms with van der Waals surface area (Å²) < 4.78 is 5.05. The second kappa shape index (κ2) is 11.7. The number of amides is 2. The Morgan fingerprint density at radius 3 is 2.62 bits per heavy atom. The topological polar surface area (TPSA) is 126 Å². The lowest BCUT2D eigenvalue weighted by molar-refractivity contribution is -0.123. The summed E-state index contributed by atoms with van der Waals surface area (Å²) in [5, 5.41) is 3.27. The lowest BCUT2D eigenvalue weighted by atomic mass is 9.97. The first-order valence-electron chi connectivity index (χ1n) is 11.5. The highest BCUT2D eigenvalue weighted by Gasteiger charge is 2.24. The molecule has 9 heteroatoms. The second-order valence-electron chi connectivity index (χ2n) is 8.60. The van der Waals surface area contributed by atoms with Crippen LogP contribution in [0.15, 0.2) is 29.3 Å². The third-order valence-corrected chi connectivity index (χ3v) is 6.11. The normalized spacial score (nSPS) is 20.7. The lowest BCUT2D eigenvalue weighted by Crippen LogP contribution is -2.48. The van der Waals surface area contributed by atoms with E-state index in [0.717, 1.165) is 50.9 Å². The zero-order chi connectivity index (χ0) is 22.9. The van der Waals surface area contributed by atoms with E-state index in [1.54, 1.807) is 4.90 Å². The molecule has 1 aromatic rings. The molecule has 9 nitrogen and oxygen atoms in total. The Morgan fingerprint density at radius 1 is 1.16 bits per heavy atom. The molecule has 2 amide bonds. The summed E-state index contributed by atoms with van der Waals surface area (Å²) in [6.45, 7) is 6.52. The number of nitrogens with two attached hydrogens (primary N) is 2. The number of nitrogens with zero attached hydrogens (tertiary/aromatic N) is 3. The molecule has 0 aromatic heterocycles. The fourth-order valence-corrected chi connectivity index (χ4v) is 4.37. The van der Waals surface area contributed by atoms with Crippen molar-refractivity contribution < 1.29 is 14.3 Å². The van der Waals surface area contributed by atoms with Gasteiger partial charge in [-0.15, -0.1) is 0 Å². The zero-order valence-corrected chi connectivity index (χ0v) is 19.0. The van der Waals surface area contributed by atoms with Crippen molar-refractivity contribution in [1.29, 1.82) is 0 Å². The van der Waals surface area contributed by atoms with E-state index in [1.165, 1.54) is 5.56 Å². The van der Waals surface area contributed by atoms with E-state index in [0.29, 0.717) is 32.2 Å². The molecule has 5 N–H and O–H groups in total. The zero-order valence-electron chi connectivity index (χ0n) is 19.0. The molecule has 3 rings (SSSR count). The fraction of sp³-hybridized carbons (Fsp3) is 0.609. The molecule has 176 valence electrons. The van der Waals surface area contributed by atoms with Gasteiger partial charge in [-0.2, -0.15) is 0 Å². The van der Waals surface area contributed by atoms with Gasteiger partial charge in [0.25, 0.3) is 0 Å². The Bertz CT molecular complexity index is 807. The third kappa shape index (κ3) is 7.12. The maximum absolute atomic E-state index is 11.8. The molecule has 1 aromatic carbocycles. The lowest BCUT2D eigenvalue weighted by Gasteiger charge is -2.31. The van der Waals surface area contributed by atoms with Crippen LogP contribution in [0.25, 0.3) is 0 Å². The van der Waals surface area contributed by atoms with Gasteiger partial charge < -0.3 is 26.4 Å². The van der Waals surface area contributed by atoms with Crippen LogP contribution in [-0.2, 0) is 22.6 Å². The summed E-state index contributed by atoms with van der Waals surface area (Å²) in [4.78, 5) is 31.8. The number of nitrogens with one attached hydrogen (secondary N) is 1. The van der Waals surface area contributed by atoms with Crippen molar-refractivity contribution >= 4 is 18.0 Å². The van der Waals surface area contributed by atoms with Gasteiger partial charge in [0, 0.05) is 32.2 Å². The SMILES string of the molecule is CCOC(=O)N1CCC(NC(N)=NCc2cccc(CN3CCCC(C(N)=O)C3)c2)CC1. The maximum atomic E-state index is 11.8. The molecule has 2 heterocycles. The van der Waals surface area contributed by atoms with Gasteiger partial charge in [-0.25, -0.2) is 9.79 Å². The smallest absolute Gasteiger partial charge is 0.409 e. The van der Waals surface area contributed by atoms with E-state index >= 15 is 0 Å². The Labute approximate surface area is 190 Å². The van der Waals surface area contributed by atoms with Gasteiger partial charge in [-0.3, -0.25) is 9.69 Å². The number of primary amides is 1. The highest BCUT2D eigenvalue weighted by molar-refractivity contribution is 5.78. The second-order valence-corrected chi connectivity index (χ2v) is 8.60. The van der Waals surface area contributed by atoms with Crippen molar-refractivity contribution in [2.24, 2.45) is 22.4 Å². The van der Waals surface area contributed by atoms with Crippen LogP contribution < -0.4 is 16.8 Å². The number of guanidine groups is 1. The number of hydrogen-bond acceptors (Lipinski definition) is 5. The first kappa shape index (κ1) is 23.8. The largest absolute Gasteiger partial charge is 0.450 e. The van der Waals surface area contributed by atoms with Crippen molar-refractivity contribution in [3.63, 3.8) is 0 Å². The third-order valence-electron chi connectivity index (χ3n) is 6.11. The highest BCUT2D eigenvalue weighted by Crippen LogP contribution is 2.19. The minimum Gasteiger partial charge on any atom is -0.450 e. The van der Waals surface area contributed by atoms with Gasteiger partial charge >= 0.3 is 6.09 Å². The van der Waals surface area contributed by atoms with E-state index in [1.807, 2.05) is 19.1 Å². The summed E-state index contributed by atoms with van der Waals surface area (Å²) in [5.74, 6) is 0.171. The molecule has 32 heavy (non-hydrogen) atoms. The molecule has 0 saturated carbocycles. The molecular formula is C23H36N6O3. The van der Waals surface area contributed by atoms with Crippen LogP contribution in [0.3, 0.4) is 0 Å². The van der Waals surface area contributed by atoms with Crippen LogP contribution in [0.4, 0.5) is 4.79 Å². The predicted octanol–water partition coefficient (Wildman–Crippen LogP) is 1.41. The van der Waals surface area contributed by atoms with Gasteiger partial charge in [0.1, 0.15) is 0 Å². The molecule has 2 saturated heterocycles. The van der Waals surface area contributed by atoms with E-state index in [-0.39, 0.29) is 24.0 Å². The van der Waals surface area contributed by atoms with Crippen LogP contribution in [0.2, 0.25) is 0 Å². The molecule has 2 aliphatic heterocycles. The van der Waals surface area contributed by atoms with Crippen molar-refractivity contribution in [1.82, 2.24) is 15.1 Å². The molecule has 0 radical (unpaired) electrons. The number of carbonyl (C=O) groups is 2. The highest BCUT2D eigenvalue weighted by atomic mass is 16.6. The van der Waals surface area contributed by atoms with Crippen LogP contribution in [0, 0.1) is 5.92 Å². The van der Waals surface area contributed by atoms with E-state index < -0.39 is 0 Å². The average Bonchev–Trinajstić information content (AvgIpc) is 2.79. The first-order chi connectivity index (χ1) is 15.4. The molecule has 0 bridgehead atoms. The van der Waals surface area contributed by atoms with Crippen LogP contribution in [0.5, 0.6) is 0 Å². The molecule has 2 fully saturated rings.